The summed E-state index contributed by atoms with van der Waals surface area (Å²) in [5.41, 5.74) is 0. The molecule has 0 amide bonds. The normalized spacial score (nSPS) is 9.86. The third-order valence-electron chi connectivity index (χ3n) is 5.48. The maximum absolute atomic E-state index is 8.99. The molecule has 0 saturated heterocycles. The lowest BCUT2D eigenvalue weighted by atomic mass is 10.1. The summed E-state index contributed by atoms with van der Waals surface area (Å²) in [5, 5.41) is 30.2. The monoisotopic (exact) mass is 746 g/mol. The maximum Gasteiger partial charge on any atom is 0.511 e. The maximum atomic E-state index is 8.99. The Kier molecular flexibility index (Phi) is 11.6. The highest BCUT2D eigenvalue weighted by atomic mass is 79.9. The Bertz CT molecular complexity index is 1890. The molecule has 4 aromatic heterocycles. The molecule has 0 fully saturated rings. The zero-order valence-electron chi connectivity index (χ0n) is 20.6. The lowest BCUT2D eigenvalue weighted by molar-refractivity contribution is 1.11. The molecule has 0 N–H and O–H groups in total. The molecule has 0 aliphatic rings. The van der Waals surface area contributed by atoms with E-state index in [2.05, 4.69) is 70.7 Å². The van der Waals surface area contributed by atoms with Crippen LogP contribution in [0.2, 0.25) is 0 Å². The summed E-state index contributed by atoms with van der Waals surface area (Å²) in [4.78, 5) is 10.9. The molecule has 6 nitrogen and oxygen atoms in total. The molecule has 2 aromatic carbocycles. The lowest BCUT2D eigenvalue weighted by Gasteiger charge is -1.90. The standard InChI is InChI=1S/C16H6N4S2.C10H4Br2S2.C3H2N2.CH4/c1-19-16(20-2)15-6-10-4-12-9(3-13(10)22-15)5-14(21-12)11(7-17)8-18;11-9-3-5-1-7-6(2-8(5)14-9)4-10(12)13-7;1-5-3-2-4;/h3-6,11,16H;1-4H;3H2;1H4. The van der Waals surface area contributed by atoms with Crippen LogP contribution in [0.1, 0.15) is 29.3 Å². The highest BCUT2D eigenvalue weighted by Crippen LogP contribution is 2.39. The van der Waals surface area contributed by atoms with Crippen molar-refractivity contribution >= 4 is 118 Å². The van der Waals surface area contributed by atoms with Crippen LogP contribution in [0.3, 0.4) is 0 Å². The first-order valence-corrected chi connectivity index (χ1v) is 16.2. The number of halogens is 2. The van der Waals surface area contributed by atoms with Crippen molar-refractivity contribution in [1.29, 1.82) is 15.8 Å². The van der Waals surface area contributed by atoms with E-state index in [9.17, 15) is 0 Å². The van der Waals surface area contributed by atoms with Gasteiger partial charge in [0.05, 0.1) is 19.7 Å². The summed E-state index contributed by atoms with van der Waals surface area (Å²) in [6.07, 6.45) is -0.771. The Labute approximate surface area is 275 Å². The highest BCUT2D eigenvalue weighted by Gasteiger charge is 2.23. The summed E-state index contributed by atoms with van der Waals surface area (Å²) in [7, 11) is 0. The first kappa shape index (κ1) is 32.7. The van der Waals surface area contributed by atoms with Crippen LogP contribution in [-0.2, 0) is 0 Å². The third-order valence-corrected chi connectivity index (χ3v) is 11.0. The molecule has 0 aliphatic carbocycles. The molecule has 6 rings (SSSR count). The van der Waals surface area contributed by atoms with Crippen LogP contribution in [0, 0.1) is 53.7 Å². The average molecular weight is 749 g/mol. The fourth-order valence-electron chi connectivity index (χ4n) is 3.74. The Morgan fingerprint density at radius 1 is 0.643 bits per heavy atom. The molecule has 4 heterocycles. The molecule has 0 radical (unpaired) electrons. The SMILES string of the molecule is Brc1cc2cc3sc(Br)cc3cc2s1.C.[C-]#[N+]C([N+]#[C-])c1cc2cc3sc(C(C#N)C#N)cc3cc2s1.[C-]#[N+]CC#N. The highest BCUT2D eigenvalue weighted by molar-refractivity contribution is 9.11. The molecule has 0 atom stereocenters. The van der Waals surface area contributed by atoms with Crippen LogP contribution in [0.4, 0.5) is 0 Å². The summed E-state index contributed by atoms with van der Waals surface area (Å²) in [6, 6.07) is 22.2. The van der Waals surface area contributed by atoms with Crippen LogP contribution in [0.15, 0.2) is 56.1 Å². The van der Waals surface area contributed by atoms with Gasteiger partial charge < -0.3 is 4.85 Å². The van der Waals surface area contributed by atoms with Gasteiger partial charge in [0.2, 0.25) is 0 Å². The number of fused-ring (bicyclic) bond motifs is 4. The minimum Gasteiger partial charge on any atom is -0.301 e. The molecule has 204 valence electrons. The van der Waals surface area contributed by atoms with Gasteiger partial charge in [-0.3, -0.25) is 0 Å². The van der Waals surface area contributed by atoms with Crippen LogP contribution < -0.4 is 0 Å². The van der Waals surface area contributed by atoms with E-state index in [-0.39, 0.29) is 14.0 Å². The van der Waals surface area contributed by atoms with E-state index in [0.717, 1.165) is 29.9 Å². The van der Waals surface area contributed by atoms with Crippen molar-refractivity contribution in [3.05, 3.63) is 100 Å². The van der Waals surface area contributed by atoms with Crippen LogP contribution in [0.5, 0.6) is 0 Å². The second-order valence-corrected chi connectivity index (χ2v) is 15.2. The molecule has 0 spiro atoms. The van der Waals surface area contributed by atoms with E-state index in [0.29, 0.717) is 0 Å². The third kappa shape index (κ3) is 7.33. The van der Waals surface area contributed by atoms with Crippen molar-refractivity contribution in [3.8, 4) is 18.2 Å². The number of benzene rings is 2. The first-order chi connectivity index (χ1) is 19.8. The van der Waals surface area contributed by atoms with Crippen molar-refractivity contribution in [1.82, 2.24) is 0 Å². The molecule has 0 aliphatic heterocycles. The zero-order chi connectivity index (χ0) is 29.5. The van der Waals surface area contributed by atoms with Gasteiger partial charge in [-0.25, -0.2) is 29.4 Å². The topological polar surface area (TPSA) is 84.4 Å². The van der Waals surface area contributed by atoms with Gasteiger partial charge in [0.1, 0.15) is 6.07 Å². The van der Waals surface area contributed by atoms with Gasteiger partial charge in [0.15, 0.2) is 10.8 Å². The van der Waals surface area contributed by atoms with Crippen LogP contribution >= 0.6 is 77.2 Å². The predicted octanol–water partition coefficient (Wildman–Crippen LogP) is 11.8. The minimum atomic E-state index is -0.771. The molecular weight excluding hydrogens is 732 g/mol. The Hall–Kier alpha value is -3.82. The molecule has 0 saturated carbocycles. The molecule has 6 aromatic rings. The van der Waals surface area contributed by atoms with E-state index in [4.69, 9.17) is 35.5 Å². The van der Waals surface area contributed by atoms with E-state index in [1.165, 1.54) is 50.4 Å². The number of rotatable bonds is 2. The van der Waals surface area contributed by atoms with Gasteiger partial charge in [-0.1, -0.05) is 7.43 Å². The van der Waals surface area contributed by atoms with Gasteiger partial charge in [-0.05, 0) is 102 Å². The molecule has 42 heavy (non-hydrogen) atoms. The second-order valence-electron chi connectivity index (χ2n) is 8.05. The number of nitrogens with zero attached hydrogens (tertiary/aromatic N) is 6. The van der Waals surface area contributed by atoms with E-state index in [1.807, 2.05) is 36.4 Å². The fraction of sp³-hybridized carbons (Fsp3) is 0.133. The van der Waals surface area contributed by atoms with Crippen molar-refractivity contribution in [2.45, 2.75) is 19.5 Å². The number of hydrogen-bond acceptors (Lipinski definition) is 7. The van der Waals surface area contributed by atoms with Crippen molar-refractivity contribution < 1.29 is 0 Å². The Morgan fingerprint density at radius 2 is 1.05 bits per heavy atom. The lowest BCUT2D eigenvalue weighted by Crippen LogP contribution is -1.85. The molecular formula is C30H16Br2N6S4. The van der Waals surface area contributed by atoms with Gasteiger partial charge in [0.25, 0.3) is 6.54 Å². The van der Waals surface area contributed by atoms with Crippen LogP contribution in [0.25, 0.3) is 54.9 Å². The summed E-state index contributed by atoms with van der Waals surface area (Å²) >= 11 is 13.5. The van der Waals surface area contributed by atoms with Gasteiger partial charge in [0, 0.05) is 23.7 Å². The van der Waals surface area contributed by atoms with Crippen LogP contribution in [-0.4, -0.2) is 6.54 Å². The zero-order valence-corrected chi connectivity index (χ0v) is 27.0. The fourth-order valence-corrected chi connectivity index (χ4v) is 9.07. The van der Waals surface area contributed by atoms with Crippen molar-refractivity contribution in [2.24, 2.45) is 0 Å². The van der Waals surface area contributed by atoms with E-state index in [1.54, 1.807) is 28.7 Å². The molecule has 0 unspecified atom stereocenters. The van der Waals surface area contributed by atoms with Gasteiger partial charge in [-0.2, -0.15) is 15.8 Å². The second kappa shape index (κ2) is 14.9. The van der Waals surface area contributed by atoms with Crippen molar-refractivity contribution in [2.75, 3.05) is 6.54 Å². The summed E-state index contributed by atoms with van der Waals surface area (Å²) in [6.45, 7) is 20.1. The van der Waals surface area contributed by atoms with Gasteiger partial charge >= 0.3 is 6.17 Å². The summed E-state index contributed by atoms with van der Waals surface area (Å²) < 4.78 is 7.09. The molecule has 12 heteroatoms. The molecule has 0 bridgehead atoms. The largest absolute Gasteiger partial charge is 0.511 e. The first-order valence-electron chi connectivity index (χ1n) is 11.3. The number of nitriles is 3. The summed E-state index contributed by atoms with van der Waals surface area (Å²) in [5.74, 6) is -0.736. The van der Waals surface area contributed by atoms with Gasteiger partial charge in [-0.15, -0.1) is 45.3 Å². The Morgan fingerprint density at radius 3 is 1.43 bits per heavy atom. The number of hydrogen-bond donors (Lipinski definition) is 0. The predicted molar refractivity (Wildman–Crippen MR) is 184 cm³/mol. The smallest absolute Gasteiger partial charge is 0.301 e. The Balaban J connectivity index is 0.000000207. The minimum absolute atomic E-state index is 0. The number of thiophene rings is 4. The van der Waals surface area contributed by atoms with E-state index >= 15 is 0 Å². The van der Waals surface area contributed by atoms with Crippen molar-refractivity contribution in [3.63, 3.8) is 0 Å². The quantitative estimate of drug-likeness (QED) is 0.131. The van der Waals surface area contributed by atoms with E-state index < -0.39 is 12.1 Å². The average Bonchev–Trinajstić information content (AvgIpc) is 3.71.